The van der Waals surface area contributed by atoms with Gasteiger partial charge >= 0.3 is 0 Å². The summed E-state index contributed by atoms with van der Waals surface area (Å²) in [5, 5.41) is 3.48. The zero-order valence-electron chi connectivity index (χ0n) is 14.5. The van der Waals surface area contributed by atoms with Crippen LogP contribution in [0, 0.1) is 5.92 Å². The van der Waals surface area contributed by atoms with Crippen molar-refractivity contribution in [1.82, 2.24) is 15.1 Å². The maximum absolute atomic E-state index is 3.48. The van der Waals surface area contributed by atoms with E-state index in [1.807, 2.05) is 11.3 Å². The first-order chi connectivity index (χ1) is 10.0. The summed E-state index contributed by atoms with van der Waals surface area (Å²) in [5.41, 5.74) is 0. The van der Waals surface area contributed by atoms with Crippen molar-refractivity contribution in [3.05, 3.63) is 21.9 Å². The Morgan fingerprint density at radius 3 is 2.48 bits per heavy atom. The van der Waals surface area contributed by atoms with Crippen molar-refractivity contribution in [3.8, 4) is 0 Å². The number of likely N-dealkylation sites (N-methyl/N-ethyl adjacent to an activating group) is 1. The number of hydrogen-bond acceptors (Lipinski definition) is 4. The number of nitrogens with zero attached hydrogens (tertiary/aromatic N) is 2. The van der Waals surface area contributed by atoms with Gasteiger partial charge < -0.3 is 10.2 Å². The molecule has 1 N–H and O–H groups in total. The Labute approximate surface area is 135 Å². The zero-order chi connectivity index (χ0) is 15.7. The Morgan fingerprint density at radius 2 is 1.86 bits per heavy atom. The Bertz CT molecular complexity index is 374. The van der Waals surface area contributed by atoms with Crippen molar-refractivity contribution in [3.63, 3.8) is 0 Å². The van der Waals surface area contributed by atoms with Gasteiger partial charge in [0.05, 0.1) is 0 Å². The topological polar surface area (TPSA) is 18.5 Å². The first-order valence-electron chi connectivity index (χ1n) is 8.16. The number of rotatable bonds is 11. The molecule has 0 spiro atoms. The van der Waals surface area contributed by atoms with E-state index in [2.05, 4.69) is 62.1 Å². The molecule has 21 heavy (non-hydrogen) atoms. The summed E-state index contributed by atoms with van der Waals surface area (Å²) in [6, 6.07) is 4.58. The average molecular weight is 312 g/mol. The second kappa shape index (κ2) is 10.3. The Kier molecular flexibility index (Phi) is 9.16. The molecule has 0 aliphatic heterocycles. The van der Waals surface area contributed by atoms with Crippen LogP contribution in [-0.4, -0.2) is 50.1 Å². The Hall–Kier alpha value is -0.420. The van der Waals surface area contributed by atoms with E-state index in [1.54, 1.807) is 0 Å². The highest BCUT2D eigenvalue weighted by atomic mass is 32.1. The lowest BCUT2D eigenvalue weighted by Crippen LogP contribution is -2.33. The summed E-state index contributed by atoms with van der Waals surface area (Å²) in [4.78, 5) is 7.79. The van der Waals surface area contributed by atoms with Crippen LogP contribution in [0.4, 0.5) is 0 Å². The molecule has 4 heteroatoms. The maximum Gasteiger partial charge on any atom is 0.0328 e. The standard InChI is InChI=1S/C17H33N3S/c1-6-9-18-12-16-7-8-17(21-16)14-20(13-15(2)3)11-10-19(4)5/h7-8,15,18H,6,9-14H2,1-5H3. The SMILES string of the molecule is CCCNCc1ccc(CN(CCN(C)C)CC(C)C)s1. The van der Waals surface area contributed by atoms with Crippen molar-refractivity contribution in [2.45, 2.75) is 40.3 Å². The average Bonchev–Trinajstić information content (AvgIpc) is 2.83. The Morgan fingerprint density at radius 1 is 1.14 bits per heavy atom. The molecule has 0 amide bonds. The van der Waals surface area contributed by atoms with Crippen LogP contribution in [0.5, 0.6) is 0 Å². The molecule has 0 bridgehead atoms. The van der Waals surface area contributed by atoms with E-state index in [0.717, 1.165) is 38.6 Å². The van der Waals surface area contributed by atoms with Gasteiger partial charge in [-0.3, -0.25) is 4.90 Å². The normalized spacial score (nSPS) is 12.0. The third-order valence-corrected chi connectivity index (χ3v) is 4.38. The van der Waals surface area contributed by atoms with Gasteiger partial charge in [0.2, 0.25) is 0 Å². The fraction of sp³-hybridized carbons (Fsp3) is 0.765. The Balaban J connectivity index is 2.48. The van der Waals surface area contributed by atoms with Crippen molar-refractivity contribution in [1.29, 1.82) is 0 Å². The molecule has 0 aliphatic carbocycles. The van der Waals surface area contributed by atoms with E-state index < -0.39 is 0 Å². The van der Waals surface area contributed by atoms with Crippen LogP contribution in [-0.2, 0) is 13.1 Å². The maximum atomic E-state index is 3.48. The van der Waals surface area contributed by atoms with Gasteiger partial charge in [-0.2, -0.15) is 0 Å². The second-order valence-electron chi connectivity index (χ2n) is 6.48. The molecule has 0 radical (unpaired) electrons. The fourth-order valence-corrected chi connectivity index (χ4v) is 3.33. The van der Waals surface area contributed by atoms with Crippen LogP contribution in [0.1, 0.15) is 36.9 Å². The minimum Gasteiger partial charge on any atom is -0.312 e. The first-order valence-corrected chi connectivity index (χ1v) is 8.98. The van der Waals surface area contributed by atoms with Crippen LogP contribution in [0.25, 0.3) is 0 Å². The van der Waals surface area contributed by atoms with Gasteiger partial charge in [0.15, 0.2) is 0 Å². The number of hydrogen-bond donors (Lipinski definition) is 1. The molecular formula is C17H33N3S. The summed E-state index contributed by atoms with van der Waals surface area (Å²) in [6.07, 6.45) is 1.20. The van der Waals surface area contributed by atoms with Crippen LogP contribution in [0.15, 0.2) is 12.1 Å². The molecule has 0 atom stereocenters. The predicted octanol–water partition coefficient (Wildman–Crippen LogP) is 3.27. The molecule has 0 fully saturated rings. The molecule has 0 saturated heterocycles. The molecular weight excluding hydrogens is 278 g/mol. The van der Waals surface area contributed by atoms with E-state index in [9.17, 15) is 0 Å². The summed E-state index contributed by atoms with van der Waals surface area (Å²) < 4.78 is 0. The van der Waals surface area contributed by atoms with Crippen molar-refractivity contribution < 1.29 is 0 Å². The molecule has 3 nitrogen and oxygen atoms in total. The highest BCUT2D eigenvalue weighted by Gasteiger charge is 2.10. The van der Waals surface area contributed by atoms with Gasteiger partial charge in [-0.25, -0.2) is 0 Å². The zero-order valence-corrected chi connectivity index (χ0v) is 15.3. The number of nitrogens with one attached hydrogen (secondary N) is 1. The smallest absolute Gasteiger partial charge is 0.0328 e. The van der Waals surface area contributed by atoms with E-state index in [-0.39, 0.29) is 0 Å². The molecule has 0 unspecified atom stereocenters. The minimum absolute atomic E-state index is 0.720. The van der Waals surface area contributed by atoms with Crippen LogP contribution < -0.4 is 5.32 Å². The van der Waals surface area contributed by atoms with E-state index >= 15 is 0 Å². The lowest BCUT2D eigenvalue weighted by atomic mass is 10.2. The highest BCUT2D eigenvalue weighted by molar-refractivity contribution is 7.11. The van der Waals surface area contributed by atoms with Gasteiger partial charge in [0, 0.05) is 42.5 Å². The molecule has 122 valence electrons. The van der Waals surface area contributed by atoms with Crippen molar-refractivity contribution >= 4 is 11.3 Å². The molecule has 0 aromatic carbocycles. The van der Waals surface area contributed by atoms with Gasteiger partial charge in [0.1, 0.15) is 0 Å². The first kappa shape index (κ1) is 18.6. The highest BCUT2D eigenvalue weighted by Crippen LogP contribution is 2.19. The summed E-state index contributed by atoms with van der Waals surface area (Å²) in [7, 11) is 4.30. The lowest BCUT2D eigenvalue weighted by Gasteiger charge is -2.25. The quantitative estimate of drug-likeness (QED) is 0.633. The van der Waals surface area contributed by atoms with Crippen molar-refractivity contribution in [2.24, 2.45) is 5.92 Å². The minimum atomic E-state index is 0.720. The van der Waals surface area contributed by atoms with Gasteiger partial charge in [-0.05, 0) is 45.1 Å². The van der Waals surface area contributed by atoms with Crippen LogP contribution in [0.3, 0.4) is 0 Å². The third kappa shape index (κ3) is 8.57. The molecule has 1 aromatic heterocycles. The molecule has 0 aliphatic rings. The van der Waals surface area contributed by atoms with Crippen LogP contribution >= 0.6 is 11.3 Å². The molecule has 1 aromatic rings. The lowest BCUT2D eigenvalue weighted by molar-refractivity contribution is 0.213. The summed E-state index contributed by atoms with van der Waals surface area (Å²) in [5.74, 6) is 0.720. The summed E-state index contributed by atoms with van der Waals surface area (Å²) in [6.45, 7) is 13.5. The third-order valence-electron chi connectivity index (χ3n) is 3.31. The summed E-state index contributed by atoms with van der Waals surface area (Å²) >= 11 is 1.96. The van der Waals surface area contributed by atoms with Gasteiger partial charge in [-0.15, -0.1) is 11.3 Å². The second-order valence-corrected chi connectivity index (χ2v) is 7.73. The largest absolute Gasteiger partial charge is 0.312 e. The van der Waals surface area contributed by atoms with Crippen molar-refractivity contribution in [2.75, 3.05) is 40.3 Å². The van der Waals surface area contributed by atoms with Gasteiger partial charge in [0.25, 0.3) is 0 Å². The predicted molar refractivity (Wildman–Crippen MR) is 95.0 cm³/mol. The van der Waals surface area contributed by atoms with Gasteiger partial charge in [-0.1, -0.05) is 20.8 Å². The van der Waals surface area contributed by atoms with Crippen LogP contribution in [0.2, 0.25) is 0 Å². The fourth-order valence-electron chi connectivity index (χ4n) is 2.30. The number of thiophene rings is 1. The monoisotopic (exact) mass is 311 g/mol. The molecule has 1 heterocycles. The molecule has 1 rings (SSSR count). The van der Waals surface area contributed by atoms with E-state index in [4.69, 9.17) is 0 Å². The van der Waals surface area contributed by atoms with E-state index in [1.165, 1.54) is 22.7 Å². The molecule has 0 saturated carbocycles. The van der Waals surface area contributed by atoms with E-state index in [0.29, 0.717) is 0 Å².